The monoisotopic (exact) mass is 393 g/mol. The molecule has 0 radical (unpaired) electrons. The maximum Gasteiger partial charge on any atom is 0.229 e. The average molecular weight is 394 g/mol. The fourth-order valence-electron chi connectivity index (χ4n) is 3.30. The van der Waals surface area contributed by atoms with E-state index < -0.39 is 0 Å². The van der Waals surface area contributed by atoms with Crippen molar-refractivity contribution in [2.45, 2.75) is 39.7 Å². The molecule has 2 atom stereocenters. The van der Waals surface area contributed by atoms with Crippen molar-refractivity contribution < 1.29 is 4.74 Å². The van der Waals surface area contributed by atoms with Crippen LogP contribution in [0.2, 0.25) is 0 Å². The summed E-state index contributed by atoms with van der Waals surface area (Å²) in [5, 5.41) is 3.25. The first-order valence-corrected chi connectivity index (χ1v) is 9.88. The minimum atomic E-state index is 0.132. The molecule has 0 spiro atoms. The molecule has 2 heterocycles. The topological polar surface area (TPSA) is 62.6 Å². The normalized spacial score (nSPS) is 19.8. The summed E-state index contributed by atoms with van der Waals surface area (Å²) in [7, 11) is 0. The molecule has 1 aromatic rings. The Hall–Kier alpha value is -2.99. The second-order valence-electron chi connectivity index (χ2n) is 6.49. The number of ether oxygens (including phenoxy) is 1. The molecule has 1 aliphatic heterocycles. The lowest BCUT2D eigenvalue weighted by Gasteiger charge is -2.26. The Morgan fingerprint density at radius 1 is 1.34 bits per heavy atom. The lowest BCUT2D eigenvalue weighted by atomic mass is 9.99. The van der Waals surface area contributed by atoms with Crippen LogP contribution in [0.3, 0.4) is 0 Å². The molecule has 6 heteroatoms. The Kier molecular flexibility index (Phi) is 8.55. The van der Waals surface area contributed by atoms with Crippen molar-refractivity contribution in [1.29, 1.82) is 0 Å². The van der Waals surface area contributed by atoms with Gasteiger partial charge in [0.15, 0.2) is 0 Å². The molecule has 2 rings (SSSR count). The second-order valence-corrected chi connectivity index (χ2v) is 6.49. The molecule has 1 aromatic heterocycles. The van der Waals surface area contributed by atoms with E-state index in [-0.39, 0.29) is 12.0 Å². The predicted octanol–water partition coefficient (Wildman–Crippen LogP) is 4.98. The molecular formula is C23H31N5O. The van der Waals surface area contributed by atoms with E-state index in [9.17, 15) is 0 Å². The Balaban J connectivity index is 2.49. The molecule has 29 heavy (non-hydrogen) atoms. The summed E-state index contributed by atoms with van der Waals surface area (Å²) in [6.07, 6.45) is 14.7. The third-order valence-electron chi connectivity index (χ3n) is 4.63. The van der Waals surface area contributed by atoms with Crippen molar-refractivity contribution in [1.82, 2.24) is 9.97 Å². The fourth-order valence-corrected chi connectivity index (χ4v) is 3.30. The molecule has 1 unspecified atom stereocenters. The zero-order chi connectivity index (χ0) is 21.2. The lowest BCUT2D eigenvalue weighted by molar-refractivity contribution is 0.129. The largest absolute Gasteiger partial charge is 0.381 e. The number of allylic oxidation sites excluding steroid dienone is 6. The van der Waals surface area contributed by atoms with Crippen LogP contribution in [-0.2, 0) is 4.74 Å². The molecule has 0 aromatic carbocycles. The number of nitrogens with one attached hydrogen (secondary N) is 1. The zero-order valence-electron chi connectivity index (χ0n) is 17.8. The van der Waals surface area contributed by atoms with Crippen LogP contribution in [0.5, 0.6) is 0 Å². The number of aromatic nitrogens is 2. The Morgan fingerprint density at radius 3 is 2.76 bits per heavy atom. The van der Waals surface area contributed by atoms with Crippen molar-refractivity contribution in [3.8, 4) is 0 Å². The van der Waals surface area contributed by atoms with E-state index in [0.717, 1.165) is 22.9 Å². The summed E-state index contributed by atoms with van der Waals surface area (Å²) in [6.45, 7) is 16.9. The summed E-state index contributed by atoms with van der Waals surface area (Å²) >= 11 is 0. The van der Waals surface area contributed by atoms with Gasteiger partial charge in [-0.3, -0.25) is 0 Å². The highest BCUT2D eigenvalue weighted by Gasteiger charge is 2.39. The minimum Gasteiger partial charge on any atom is -0.381 e. The number of anilines is 2. The summed E-state index contributed by atoms with van der Waals surface area (Å²) in [5.41, 5.74) is 1.92. The van der Waals surface area contributed by atoms with E-state index in [1.807, 2.05) is 51.3 Å². The first-order chi connectivity index (χ1) is 14.1. The van der Waals surface area contributed by atoms with Crippen LogP contribution in [0.1, 0.15) is 39.2 Å². The SMILES string of the molecule is C=CC=N/C(=C\C)N1c2nc(NC(/C=C\C)=C/C=C)ncc2C(COCC)[C@H]1C. The van der Waals surface area contributed by atoms with Crippen molar-refractivity contribution in [3.63, 3.8) is 0 Å². The van der Waals surface area contributed by atoms with Crippen LogP contribution < -0.4 is 10.2 Å². The highest BCUT2D eigenvalue weighted by atomic mass is 16.5. The van der Waals surface area contributed by atoms with Crippen LogP contribution in [0, 0.1) is 0 Å². The quantitative estimate of drug-likeness (QED) is 0.449. The summed E-state index contributed by atoms with van der Waals surface area (Å²) in [6, 6.07) is 0.132. The lowest BCUT2D eigenvalue weighted by Crippen LogP contribution is -2.32. The van der Waals surface area contributed by atoms with Gasteiger partial charge in [0.2, 0.25) is 5.95 Å². The first kappa shape index (κ1) is 22.3. The van der Waals surface area contributed by atoms with E-state index in [1.54, 1.807) is 18.4 Å². The molecule has 0 amide bonds. The summed E-state index contributed by atoms with van der Waals surface area (Å²) < 4.78 is 5.75. The van der Waals surface area contributed by atoms with Crippen LogP contribution in [0.4, 0.5) is 11.8 Å². The van der Waals surface area contributed by atoms with Gasteiger partial charge in [-0.15, -0.1) is 0 Å². The third-order valence-corrected chi connectivity index (χ3v) is 4.63. The van der Waals surface area contributed by atoms with Gasteiger partial charge in [-0.05, 0) is 45.9 Å². The highest BCUT2D eigenvalue weighted by molar-refractivity contribution is 5.73. The number of hydrogen-bond donors (Lipinski definition) is 1. The van der Waals surface area contributed by atoms with Gasteiger partial charge < -0.3 is 15.0 Å². The Labute approximate surface area is 174 Å². The molecule has 154 valence electrons. The Morgan fingerprint density at radius 2 is 2.14 bits per heavy atom. The van der Waals surface area contributed by atoms with Gasteiger partial charge in [-0.1, -0.05) is 31.4 Å². The second kappa shape index (κ2) is 11.1. The van der Waals surface area contributed by atoms with Gasteiger partial charge in [-0.25, -0.2) is 9.98 Å². The Bertz CT molecular complexity index is 838. The molecule has 0 saturated heterocycles. The highest BCUT2D eigenvalue weighted by Crippen LogP contribution is 2.42. The standard InChI is InChI=1S/C23H31N5O/c1-7-12-18(13-8-2)26-23-25-15-19-20(16-29-11-5)17(6)28(22(19)27-23)21(10-4)24-14-9-3/h7-10,12-15,17,20H,1,3,11,16H2,2,4-6H3,(H,25,26,27)/b13-8-,18-12+,21-10+,24-14?/t17-,20?/m1/s1. The zero-order valence-corrected chi connectivity index (χ0v) is 17.8. The van der Waals surface area contributed by atoms with Crippen molar-refractivity contribution in [2.24, 2.45) is 4.99 Å². The van der Waals surface area contributed by atoms with Gasteiger partial charge in [0, 0.05) is 42.2 Å². The molecule has 0 fully saturated rings. The molecule has 6 nitrogen and oxygen atoms in total. The van der Waals surface area contributed by atoms with Gasteiger partial charge in [-0.2, -0.15) is 4.98 Å². The fraction of sp³-hybridized carbons (Fsp3) is 0.348. The van der Waals surface area contributed by atoms with Gasteiger partial charge in [0.25, 0.3) is 0 Å². The van der Waals surface area contributed by atoms with Crippen LogP contribution in [0.25, 0.3) is 0 Å². The van der Waals surface area contributed by atoms with Crippen molar-refractivity contribution in [3.05, 3.63) is 72.9 Å². The van der Waals surface area contributed by atoms with E-state index in [4.69, 9.17) is 9.72 Å². The number of nitrogens with zero attached hydrogens (tertiary/aromatic N) is 4. The van der Waals surface area contributed by atoms with Gasteiger partial charge >= 0.3 is 0 Å². The molecule has 0 saturated carbocycles. The van der Waals surface area contributed by atoms with E-state index in [2.05, 4.69) is 40.3 Å². The van der Waals surface area contributed by atoms with Gasteiger partial charge in [0.1, 0.15) is 11.6 Å². The van der Waals surface area contributed by atoms with E-state index in [0.29, 0.717) is 19.2 Å². The minimum absolute atomic E-state index is 0.132. The maximum atomic E-state index is 5.75. The third kappa shape index (κ3) is 5.29. The molecule has 1 N–H and O–H groups in total. The van der Waals surface area contributed by atoms with E-state index in [1.165, 1.54) is 0 Å². The van der Waals surface area contributed by atoms with Crippen molar-refractivity contribution >= 4 is 18.0 Å². The van der Waals surface area contributed by atoms with Crippen molar-refractivity contribution in [2.75, 3.05) is 23.4 Å². The van der Waals surface area contributed by atoms with Crippen LogP contribution in [-0.4, -0.2) is 35.4 Å². The number of aliphatic imine (C=N–C) groups is 1. The average Bonchev–Trinajstić information content (AvgIpc) is 2.98. The smallest absolute Gasteiger partial charge is 0.229 e. The summed E-state index contributed by atoms with van der Waals surface area (Å²) in [5.74, 6) is 2.34. The number of hydrogen-bond acceptors (Lipinski definition) is 6. The number of fused-ring (bicyclic) bond motifs is 1. The molecule has 0 bridgehead atoms. The predicted molar refractivity (Wildman–Crippen MR) is 122 cm³/mol. The summed E-state index contributed by atoms with van der Waals surface area (Å²) in [4.78, 5) is 16.0. The molecular weight excluding hydrogens is 362 g/mol. The number of rotatable bonds is 10. The molecule has 0 aliphatic carbocycles. The van der Waals surface area contributed by atoms with E-state index >= 15 is 0 Å². The van der Waals surface area contributed by atoms with Crippen LogP contribution in [0.15, 0.2) is 72.3 Å². The first-order valence-electron chi connectivity index (χ1n) is 9.88. The molecule has 1 aliphatic rings. The van der Waals surface area contributed by atoms with Gasteiger partial charge in [0.05, 0.1) is 6.61 Å². The van der Waals surface area contributed by atoms with Crippen LogP contribution >= 0.6 is 0 Å². The maximum absolute atomic E-state index is 5.75.